The smallest absolute Gasteiger partial charge is 0.308 e. The minimum Gasteiger partial charge on any atom is -0.494 e. The molecule has 5 nitrogen and oxygen atoms in total. The van der Waals surface area contributed by atoms with E-state index in [4.69, 9.17) is 4.74 Å². The predicted octanol–water partition coefficient (Wildman–Crippen LogP) is 4.63. The predicted molar refractivity (Wildman–Crippen MR) is 117 cm³/mol. The lowest BCUT2D eigenvalue weighted by Gasteiger charge is -2.48. The third-order valence-electron chi connectivity index (χ3n) is 6.46. The standard InChI is InChI=1S/C26H23NO4/c1-2-31-16-13-11-15(12-14-16)27-25(28)23-21-17-7-3-5-9-19(17)22(24(23)26(29)30)20-10-6-4-8-18(20)21/h3-14,21-24H,2H2,1H3,(H,27,28)(H,29,30)/t21?,22?,23-,24-/m0/s1. The molecule has 3 aromatic rings. The number of carboxylic acids is 1. The molecule has 3 aliphatic rings. The average molecular weight is 413 g/mol. The number of carbonyl (C=O) groups excluding carboxylic acids is 1. The molecule has 0 fully saturated rings. The average Bonchev–Trinajstić information content (AvgIpc) is 2.80. The van der Waals surface area contributed by atoms with E-state index >= 15 is 0 Å². The molecule has 31 heavy (non-hydrogen) atoms. The number of rotatable bonds is 5. The number of nitrogens with one attached hydrogen (secondary N) is 1. The highest BCUT2D eigenvalue weighted by atomic mass is 16.5. The molecule has 2 N–H and O–H groups in total. The van der Waals surface area contributed by atoms with Crippen LogP contribution < -0.4 is 10.1 Å². The van der Waals surface area contributed by atoms with Crippen LogP contribution in [0.1, 0.15) is 41.0 Å². The van der Waals surface area contributed by atoms with Gasteiger partial charge in [0.25, 0.3) is 0 Å². The molecule has 2 bridgehead atoms. The largest absolute Gasteiger partial charge is 0.494 e. The molecule has 0 unspecified atom stereocenters. The van der Waals surface area contributed by atoms with E-state index in [1.54, 1.807) is 24.3 Å². The molecule has 6 rings (SSSR count). The van der Waals surface area contributed by atoms with Crippen molar-refractivity contribution in [2.24, 2.45) is 11.8 Å². The molecule has 0 heterocycles. The Morgan fingerprint density at radius 1 is 0.806 bits per heavy atom. The van der Waals surface area contributed by atoms with Crippen molar-refractivity contribution in [2.45, 2.75) is 18.8 Å². The van der Waals surface area contributed by atoms with Crippen LogP contribution in [0, 0.1) is 11.8 Å². The first-order chi connectivity index (χ1) is 15.1. The second-order valence-corrected chi connectivity index (χ2v) is 8.05. The number of aliphatic carboxylic acids is 1. The summed E-state index contributed by atoms with van der Waals surface area (Å²) in [7, 11) is 0. The van der Waals surface area contributed by atoms with Crippen molar-refractivity contribution >= 4 is 17.6 Å². The first-order valence-electron chi connectivity index (χ1n) is 10.5. The summed E-state index contributed by atoms with van der Waals surface area (Å²) in [5, 5.41) is 13.2. The molecule has 0 aromatic heterocycles. The maximum absolute atomic E-state index is 13.5. The van der Waals surface area contributed by atoms with Crippen LogP contribution in [-0.2, 0) is 9.59 Å². The Labute approximate surface area is 180 Å². The molecule has 5 heteroatoms. The van der Waals surface area contributed by atoms with Gasteiger partial charge in [-0.05, 0) is 53.4 Å². The summed E-state index contributed by atoms with van der Waals surface area (Å²) >= 11 is 0. The van der Waals surface area contributed by atoms with E-state index in [2.05, 4.69) is 5.32 Å². The van der Waals surface area contributed by atoms with Gasteiger partial charge in [0.1, 0.15) is 5.75 Å². The van der Waals surface area contributed by atoms with E-state index in [1.807, 2.05) is 55.5 Å². The van der Waals surface area contributed by atoms with Gasteiger partial charge in [-0.2, -0.15) is 0 Å². The monoisotopic (exact) mass is 413 g/mol. The SMILES string of the molecule is CCOc1ccc(NC(=O)[C@H]2C3c4ccccc4C(c4ccccc43)[C@@H]2C(=O)O)cc1. The molecular weight excluding hydrogens is 390 g/mol. The van der Waals surface area contributed by atoms with Gasteiger partial charge in [0.2, 0.25) is 5.91 Å². The molecule has 0 saturated carbocycles. The van der Waals surface area contributed by atoms with Gasteiger partial charge in [0.15, 0.2) is 0 Å². The number of ether oxygens (including phenoxy) is 1. The number of amides is 1. The fraction of sp³-hybridized carbons (Fsp3) is 0.231. The summed E-state index contributed by atoms with van der Waals surface area (Å²) in [5.74, 6) is -2.63. The van der Waals surface area contributed by atoms with Crippen LogP contribution >= 0.6 is 0 Å². The van der Waals surface area contributed by atoms with E-state index < -0.39 is 17.8 Å². The summed E-state index contributed by atoms with van der Waals surface area (Å²) in [4.78, 5) is 25.9. The van der Waals surface area contributed by atoms with Crippen LogP contribution in [-0.4, -0.2) is 23.6 Å². The molecular formula is C26H23NO4. The van der Waals surface area contributed by atoms with Crippen LogP contribution in [0.15, 0.2) is 72.8 Å². The topological polar surface area (TPSA) is 75.6 Å². The number of anilines is 1. The zero-order valence-electron chi connectivity index (χ0n) is 17.1. The molecule has 3 aromatic carbocycles. The van der Waals surface area contributed by atoms with Crippen molar-refractivity contribution < 1.29 is 19.4 Å². The Morgan fingerprint density at radius 3 is 1.74 bits per heavy atom. The molecule has 0 spiro atoms. The van der Waals surface area contributed by atoms with E-state index in [9.17, 15) is 14.7 Å². The molecule has 1 amide bonds. The van der Waals surface area contributed by atoms with Crippen molar-refractivity contribution in [2.75, 3.05) is 11.9 Å². The van der Waals surface area contributed by atoms with Crippen LogP contribution in [0.2, 0.25) is 0 Å². The number of carbonyl (C=O) groups is 2. The van der Waals surface area contributed by atoms with Crippen molar-refractivity contribution in [3.05, 3.63) is 95.1 Å². The van der Waals surface area contributed by atoms with Gasteiger partial charge in [-0.15, -0.1) is 0 Å². The zero-order chi connectivity index (χ0) is 21.5. The highest BCUT2D eigenvalue weighted by Crippen LogP contribution is 2.58. The third-order valence-corrected chi connectivity index (χ3v) is 6.46. The van der Waals surface area contributed by atoms with Gasteiger partial charge in [0, 0.05) is 17.5 Å². The number of benzene rings is 3. The first-order valence-corrected chi connectivity index (χ1v) is 10.5. The highest BCUT2D eigenvalue weighted by Gasteiger charge is 2.55. The van der Waals surface area contributed by atoms with E-state index in [1.165, 1.54) is 0 Å². The number of hydrogen-bond donors (Lipinski definition) is 2. The lowest BCUT2D eigenvalue weighted by Crippen LogP contribution is -2.48. The molecule has 0 radical (unpaired) electrons. The third kappa shape index (κ3) is 3.08. The van der Waals surface area contributed by atoms with Gasteiger partial charge < -0.3 is 15.2 Å². The lowest BCUT2D eigenvalue weighted by molar-refractivity contribution is -0.148. The van der Waals surface area contributed by atoms with Crippen molar-refractivity contribution in [3.63, 3.8) is 0 Å². The van der Waals surface area contributed by atoms with E-state index in [0.717, 1.165) is 28.0 Å². The summed E-state index contributed by atoms with van der Waals surface area (Å²) in [6.45, 7) is 2.48. The van der Waals surface area contributed by atoms with Crippen molar-refractivity contribution in [1.82, 2.24) is 0 Å². The summed E-state index contributed by atoms with van der Waals surface area (Å²) in [6, 6.07) is 23.0. The van der Waals surface area contributed by atoms with Crippen molar-refractivity contribution in [1.29, 1.82) is 0 Å². The van der Waals surface area contributed by atoms with Crippen LogP contribution in [0.4, 0.5) is 5.69 Å². The Hall–Kier alpha value is -3.60. The molecule has 156 valence electrons. The van der Waals surface area contributed by atoms with Gasteiger partial charge in [-0.3, -0.25) is 9.59 Å². The van der Waals surface area contributed by atoms with Gasteiger partial charge in [-0.25, -0.2) is 0 Å². The lowest BCUT2D eigenvalue weighted by atomic mass is 9.54. The summed E-state index contributed by atoms with van der Waals surface area (Å²) in [6.07, 6.45) is 0. The maximum Gasteiger partial charge on any atom is 0.308 e. The minimum atomic E-state index is -0.939. The fourth-order valence-electron chi connectivity index (χ4n) is 5.32. The van der Waals surface area contributed by atoms with Crippen LogP contribution in [0.5, 0.6) is 5.75 Å². The second-order valence-electron chi connectivity index (χ2n) is 8.05. The van der Waals surface area contributed by atoms with Crippen LogP contribution in [0.3, 0.4) is 0 Å². The minimum absolute atomic E-state index is 0.268. The fourth-order valence-corrected chi connectivity index (χ4v) is 5.32. The zero-order valence-corrected chi connectivity index (χ0v) is 17.1. The summed E-state index contributed by atoms with van der Waals surface area (Å²) in [5.41, 5.74) is 4.76. The Bertz CT molecular complexity index is 1110. The van der Waals surface area contributed by atoms with E-state index in [0.29, 0.717) is 12.3 Å². The quantitative estimate of drug-likeness (QED) is 0.639. The Kier molecular flexibility index (Phi) is 4.74. The number of hydrogen-bond acceptors (Lipinski definition) is 3. The van der Waals surface area contributed by atoms with Gasteiger partial charge >= 0.3 is 5.97 Å². The second kappa shape index (κ2) is 7.58. The Morgan fingerprint density at radius 2 is 1.29 bits per heavy atom. The highest BCUT2D eigenvalue weighted by molar-refractivity contribution is 5.98. The molecule has 2 atom stereocenters. The molecule has 0 saturated heterocycles. The maximum atomic E-state index is 13.5. The first kappa shape index (κ1) is 19.4. The van der Waals surface area contributed by atoms with Gasteiger partial charge in [-0.1, -0.05) is 48.5 Å². The normalized spacial score (nSPS) is 22.9. The van der Waals surface area contributed by atoms with Gasteiger partial charge in [0.05, 0.1) is 18.4 Å². The molecule has 3 aliphatic carbocycles. The number of carboxylic acid groups (broad SMARTS) is 1. The molecule has 0 aliphatic heterocycles. The van der Waals surface area contributed by atoms with E-state index in [-0.39, 0.29) is 17.7 Å². The Balaban J connectivity index is 1.56. The summed E-state index contributed by atoms with van der Waals surface area (Å²) < 4.78 is 5.46. The van der Waals surface area contributed by atoms with Crippen molar-refractivity contribution in [3.8, 4) is 5.75 Å². The number of fused-ring (bicyclic) bond motifs is 1. The van der Waals surface area contributed by atoms with Crippen LogP contribution in [0.25, 0.3) is 0 Å².